The Hall–Kier alpha value is -4.51. The largest absolute Gasteiger partial charge is 0.490 e. The van der Waals surface area contributed by atoms with E-state index < -0.39 is 48.5 Å². The molecule has 5 atom stereocenters. The summed E-state index contributed by atoms with van der Waals surface area (Å²) in [5.74, 6) is 5.82. The van der Waals surface area contributed by atoms with Gasteiger partial charge in [-0.1, -0.05) is 11.8 Å². The number of aryl methyl sites for hydroxylation is 1. The predicted octanol–water partition coefficient (Wildman–Crippen LogP) is 2.68. The summed E-state index contributed by atoms with van der Waals surface area (Å²) in [7, 11) is -8.78. The van der Waals surface area contributed by atoms with Crippen LogP contribution in [0.3, 0.4) is 0 Å². The number of phosphoric ester groups is 1. The Labute approximate surface area is 337 Å². The molecule has 3 aromatic heterocycles. The number of hydrogen-bond donors (Lipinski definition) is 7. The number of hydrogen-bond acceptors (Lipinski definition) is 14. The van der Waals surface area contributed by atoms with E-state index in [0.29, 0.717) is 23.9 Å². The molecule has 1 aliphatic heterocycles. The summed E-state index contributed by atoms with van der Waals surface area (Å²) in [6, 6.07) is 14.9. The first kappa shape index (κ1) is 44.1. The van der Waals surface area contributed by atoms with Gasteiger partial charge in [-0.05, 0) is 30.3 Å². The van der Waals surface area contributed by atoms with Crippen LogP contribution in [0.5, 0.6) is 0 Å². The summed E-state index contributed by atoms with van der Waals surface area (Å²) >= 11 is 0. The predicted molar refractivity (Wildman–Crippen MR) is 216 cm³/mol. The lowest BCUT2D eigenvalue weighted by atomic mass is 10.1. The highest BCUT2D eigenvalue weighted by Gasteiger charge is 2.43. The number of aromatic nitrogens is 4. The maximum absolute atomic E-state index is 13.0. The molecule has 1 saturated heterocycles. The van der Waals surface area contributed by atoms with E-state index in [1.54, 1.807) is 6.20 Å². The van der Waals surface area contributed by atoms with E-state index in [9.17, 15) is 33.4 Å². The van der Waals surface area contributed by atoms with Crippen LogP contribution in [-0.4, -0.2) is 98.7 Å². The summed E-state index contributed by atoms with van der Waals surface area (Å²) < 4.78 is 56.4. The molecule has 4 heterocycles. The van der Waals surface area contributed by atoms with Crippen molar-refractivity contribution in [2.45, 2.75) is 44.2 Å². The number of amides is 1. The minimum atomic E-state index is -5.73. The number of pyridine rings is 1. The van der Waals surface area contributed by atoms with Gasteiger partial charge in [0.15, 0.2) is 0 Å². The zero-order chi connectivity index (χ0) is 42.9. The second kappa shape index (κ2) is 17.6. The number of carbonyl (C=O) groups excluding carboxylic acids is 1. The first-order valence-corrected chi connectivity index (χ1v) is 22.5. The number of benzene rings is 2. The van der Waals surface area contributed by atoms with Gasteiger partial charge in [0.25, 0.3) is 0 Å². The number of carbonyl (C=O) groups is 1. The standard InChI is InChI=1S/C35H43N8O13P3/c1-40(2)25-11-9-22-15-23-10-12-26(41(3)4)17-28(23)42(27(22)16-25)14-6-8-31(45)37-13-5-7-24-19-43(35-33(24)34(36)38-21-39-35)32-18-29(44)30(54-32)20-53-58(49,50)56-59(51,52)55-57(46,47)48/h9-12,15-17,19,21,29-30,32,44H,6,8,13-14,18,20H2,1-4H3,(H6-,36,37,38,39,45,46,47,48,49,50,51,52)/p+1/t29-,30+,32+/m0/s1. The molecule has 1 aliphatic rings. The Morgan fingerprint density at radius 3 is 2.24 bits per heavy atom. The van der Waals surface area contributed by atoms with Crippen molar-refractivity contribution in [3.05, 3.63) is 60.6 Å². The average molecular weight is 878 g/mol. The van der Waals surface area contributed by atoms with Crippen molar-refractivity contribution in [3.8, 4) is 11.8 Å². The number of aliphatic hydroxyl groups is 1. The zero-order valence-electron chi connectivity index (χ0n) is 32.3. The van der Waals surface area contributed by atoms with Crippen LogP contribution in [-0.2, 0) is 42.9 Å². The van der Waals surface area contributed by atoms with Gasteiger partial charge < -0.3 is 54.8 Å². The van der Waals surface area contributed by atoms with Gasteiger partial charge in [0.1, 0.15) is 36.7 Å². The highest BCUT2D eigenvalue weighted by molar-refractivity contribution is 7.66. The van der Waals surface area contributed by atoms with E-state index in [1.807, 2.05) is 28.2 Å². The minimum absolute atomic E-state index is 0.0170. The number of ether oxygens (including phenoxy) is 1. The molecule has 0 bridgehead atoms. The van der Waals surface area contributed by atoms with Crippen LogP contribution in [0, 0.1) is 11.8 Å². The Morgan fingerprint density at radius 1 is 0.983 bits per heavy atom. The Morgan fingerprint density at radius 2 is 1.63 bits per heavy atom. The van der Waals surface area contributed by atoms with Crippen LogP contribution in [0.15, 0.2) is 55.0 Å². The van der Waals surface area contributed by atoms with Gasteiger partial charge in [-0.3, -0.25) is 9.32 Å². The molecule has 1 amide bonds. The van der Waals surface area contributed by atoms with Gasteiger partial charge in [0, 0.05) is 87.9 Å². The second-order valence-corrected chi connectivity index (χ2v) is 18.4. The average Bonchev–Trinajstić information content (AvgIpc) is 3.70. The molecule has 0 spiro atoms. The molecule has 316 valence electrons. The summed E-state index contributed by atoms with van der Waals surface area (Å²) in [4.78, 5) is 62.1. The molecule has 0 radical (unpaired) electrons. The van der Waals surface area contributed by atoms with E-state index in [1.165, 1.54) is 10.9 Å². The molecule has 1 fully saturated rings. The molecule has 59 heavy (non-hydrogen) atoms. The third-order valence-electron chi connectivity index (χ3n) is 9.31. The van der Waals surface area contributed by atoms with E-state index in [4.69, 9.17) is 20.3 Å². The number of nitrogens with zero attached hydrogens (tertiary/aromatic N) is 6. The van der Waals surface area contributed by atoms with Gasteiger partial charge >= 0.3 is 23.5 Å². The van der Waals surface area contributed by atoms with Crippen LogP contribution in [0.25, 0.3) is 32.8 Å². The Balaban J connectivity index is 1.10. The molecule has 6 rings (SSSR count). The van der Waals surface area contributed by atoms with Crippen LogP contribution >= 0.6 is 23.5 Å². The van der Waals surface area contributed by atoms with Gasteiger partial charge in [0.05, 0.1) is 30.2 Å². The lowest BCUT2D eigenvalue weighted by Gasteiger charge is -2.19. The van der Waals surface area contributed by atoms with Crippen molar-refractivity contribution in [1.82, 2.24) is 19.9 Å². The Bertz CT molecular complexity index is 2540. The fourth-order valence-corrected chi connectivity index (χ4v) is 9.60. The van der Waals surface area contributed by atoms with Gasteiger partial charge in [-0.15, -0.1) is 0 Å². The lowest BCUT2D eigenvalue weighted by Crippen LogP contribution is -2.37. The zero-order valence-corrected chi connectivity index (χ0v) is 35.0. The summed E-state index contributed by atoms with van der Waals surface area (Å²) in [5, 5.41) is 16.0. The number of anilines is 3. The first-order valence-electron chi connectivity index (χ1n) is 17.9. The quantitative estimate of drug-likeness (QED) is 0.0344. The van der Waals surface area contributed by atoms with E-state index >= 15 is 0 Å². The maximum atomic E-state index is 13.0. The number of nitrogens with two attached hydrogens (primary N) is 1. The molecular formula is C35H44N8O13P3+. The molecule has 24 heteroatoms. The molecule has 21 nitrogen and oxygen atoms in total. The fraction of sp³-hybridized carbons (Fsp3) is 0.371. The van der Waals surface area contributed by atoms with Crippen molar-refractivity contribution >= 4 is 79.4 Å². The van der Waals surface area contributed by atoms with Crippen LogP contribution in [0.4, 0.5) is 17.2 Å². The fourth-order valence-electron chi connectivity index (χ4n) is 6.57. The van der Waals surface area contributed by atoms with Crippen molar-refractivity contribution in [1.29, 1.82) is 0 Å². The maximum Gasteiger partial charge on any atom is 0.490 e. The smallest absolute Gasteiger partial charge is 0.390 e. The molecule has 8 N–H and O–H groups in total. The number of phosphoric acid groups is 3. The minimum Gasteiger partial charge on any atom is -0.390 e. The first-order chi connectivity index (χ1) is 27.7. The van der Waals surface area contributed by atoms with Crippen molar-refractivity contribution < 1.29 is 65.6 Å². The molecular weight excluding hydrogens is 833 g/mol. The number of nitrogen functional groups attached to an aromatic ring is 1. The van der Waals surface area contributed by atoms with Crippen molar-refractivity contribution in [3.63, 3.8) is 0 Å². The van der Waals surface area contributed by atoms with Gasteiger partial charge in [-0.2, -0.15) is 13.2 Å². The topological polar surface area (TPSA) is 285 Å². The van der Waals surface area contributed by atoms with Gasteiger partial charge in [-0.25, -0.2) is 23.7 Å². The molecule has 2 aromatic carbocycles. The van der Waals surface area contributed by atoms with Crippen molar-refractivity contribution in [2.24, 2.45) is 0 Å². The normalized spacial score (nSPS) is 19.0. The molecule has 0 aliphatic carbocycles. The van der Waals surface area contributed by atoms with Crippen LogP contribution in [0.1, 0.15) is 31.1 Å². The second-order valence-electron chi connectivity index (χ2n) is 14.0. The Kier molecular flexibility index (Phi) is 13.1. The van der Waals surface area contributed by atoms with Crippen LogP contribution < -0.4 is 25.4 Å². The third-order valence-corrected chi connectivity index (χ3v) is 13.1. The summed E-state index contributed by atoms with van der Waals surface area (Å²) in [6.45, 7) is -0.240. The molecule has 2 unspecified atom stereocenters. The van der Waals surface area contributed by atoms with E-state index in [0.717, 1.165) is 33.2 Å². The van der Waals surface area contributed by atoms with E-state index in [2.05, 4.69) is 97.1 Å². The number of rotatable bonds is 15. The van der Waals surface area contributed by atoms with E-state index in [-0.39, 0.29) is 36.8 Å². The summed E-state index contributed by atoms with van der Waals surface area (Å²) in [5.41, 5.74) is 11.1. The monoisotopic (exact) mass is 877 g/mol. The SMILES string of the molecule is CN(C)c1ccc2cc3ccc(N(C)C)cc3[n+](CCCC(=O)NCC#Cc3cn([C@H]4C[C@H](O)[C@@H](COP(=O)(O)OP(=O)(O)OP(=O)(O)O)O4)c4ncnc(N)c34)c2c1. The number of fused-ring (bicyclic) bond motifs is 3. The summed E-state index contributed by atoms with van der Waals surface area (Å²) in [6.07, 6.45) is -0.0141. The lowest BCUT2D eigenvalue weighted by molar-refractivity contribution is -0.645. The number of nitrogens with one attached hydrogen (secondary N) is 1. The number of aliphatic hydroxyl groups excluding tert-OH is 1. The van der Waals surface area contributed by atoms with Crippen molar-refractivity contribution in [2.75, 3.05) is 56.9 Å². The van der Waals surface area contributed by atoms with Gasteiger partial charge in [0.2, 0.25) is 16.9 Å². The van der Waals surface area contributed by atoms with Crippen LogP contribution in [0.2, 0.25) is 0 Å². The highest BCUT2D eigenvalue weighted by atomic mass is 31.3. The highest BCUT2D eigenvalue weighted by Crippen LogP contribution is 2.66. The molecule has 5 aromatic rings. The third kappa shape index (κ3) is 10.8. The molecule has 0 saturated carbocycles.